The first-order valence-electron chi connectivity index (χ1n) is 8.19. The molecule has 3 aromatic rings. The van der Waals surface area contributed by atoms with Gasteiger partial charge in [-0.2, -0.15) is 4.98 Å². The SMILES string of the molecule is Cc1noc([C@H]2CCCN(Cc3nc4ccccc4[nH]c3=O)C2)n1. The van der Waals surface area contributed by atoms with Gasteiger partial charge in [-0.1, -0.05) is 17.3 Å². The first-order chi connectivity index (χ1) is 11.7. The first-order valence-corrected chi connectivity index (χ1v) is 8.19. The van der Waals surface area contributed by atoms with Gasteiger partial charge in [0, 0.05) is 13.1 Å². The summed E-state index contributed by atoms with van der Waals surface area (Å²) in [7, 11) is 0. The maximum absolute atomic E-state index is 12.3. The minimum absolute atomic E-state index is 0.121. The molecule has 0 aliphatic carbocycles. The standard InChI is InChI=1S/C17H19N5O2/c1-11-18-17(24-21-11)12-5-4-8-22(9-12)10-15-16(23)20-14-7-3-2-6-13(14)19-15/h2-3,6-7,12H,4-5,8-10H2,1H3,(H,20,23)/t12-/m0/s1. The highest BCUT2D eigenvalue weighted by Crippen LogP contribution is 2.26. The van der Waals surface area contributed by atoms with Crippen LogP contribution in [0.1, 0.15) is 36.2 Å². The Morgan fingerprint density at radius 1 is 1.33 bits per heavy atom. The van der Waals surface area contributed by atoms with Crippen molar-refractivity contribution in [2.45, 2.75) is 32.2 Å². The molecule has 1 aliphatic heterocycles. The van der Waals surface area contributed by atoms with Crippen LogP contribution in [0.5, 0.6) is 0 Å². The van der Waals surface area contributed by atoms with Gasteiger partial charge in [0.1, 0.15) is 5.69 Å². The highest BCUT2D eigenvalue weighted by Gasteiger charge is 2.26. The van der Waals surface area contributed by atoms with Gasteiger partial charge in [0.15, 0.2) is 5.82 Å². The number of para-hydroxylation sites is 2. The zero-order valence-electron chi connectivity index (χ0n) is 13.5. The second-order valence-electron chi connectivity index (χ2n) is 6.28. The summed E-state index contributed by atoms with van der Waals surface area (Å²) in [6, 6.07) is 7.59. The van der Waals surface area contributed by atoms with E-state index >= 15 is 0 Å². The summed E-state index contributed by atoms with van der Waals surface area (Å²) in [6.07, 6.45) is 2.07. The molecule has 2 aromatic heterocycles. The summed E-state index contributed by atoms with van der Waals surface area (Å²) in [5.74, 6) is 1.58. The zero-order chi connectivity index (χ0) is 16.5. The molecule has 1 fully saturated rings. The molecule has 0 saturated carbocycles. The minimum Gasteiger partial charge on any atom is -0.339 e. The number of aromatic nitrogens is 4. The Balaban J connectivity index is 1.54. The number of nitrogens with one attached hydrogen (secondary N) is 1. The van der Waals surface area contributed by atoms with E-state index in [1.165, 1.54) is 0 Å². The van der Waals surface area contributed by atoms with Gasteiger partial charge >= 0.3 is 0 Å². The molecule has 1 aromatic carbocycles. The fourth-order valence-electron chi connectivity index (χ4n) is 3.27. The number of rotatable bonds is 3. The summed E-state index contributed by atoms with van der Waals surface area (Å²) in [6.45, 7) is 4.10. The maximum Gasteiger partial charge on any atom is 0.271 e. The number of hydrogen-bond acceptors (Lipinski definition) is 6. The molecule has 0 amide bonds. The van der Waals surface area contributed by atoms with E-state index in [9.17, 15) is 4.79 Å². The van der Waals surface area contributed by atoms with Crippen LogP contribution in [0, 0.1) is 6.92 Å². The van der Waals surface area contributed by atoms with Crippen molar-refractivity contribution in [3.63, 3.8) is 0 Å². The largest absolute Gasteiger partial charge is 0.339 e. The molecule has 1 atom stereocenters. The lowest BCUT2D eigenvalue weighted by atomic mass is 9.98. The molecule has 24 heavy (non-hydrogen) atoms. The van der Waals surface area contributed by atoms with Crippen molar-refractivity contribution in [1.29, 1.82) is 0 Å². The van der Waals surface area contributed by atoms with Gasteiger partial charge in [-0.25, -0.2) is 4.98 Å². The number of benzene rings is 1. The molecule has 7 heteroatoms. The number of likely N-dealkylation sites (tertiary alicyclic amines) is 1. The lowest BCUT2D eigenvalue weighted by molar-refractivity contribution is 0.178. The molecule has 4 rings (SSSR count). The van der Waals surface area contributed by atoms with E-state index in [0.29, 0.717) is 24.0 Å². The van der Waals surface area contributed by atoms with Gasteiger partial charge in [0.25, 0.3) is 5.56 Å². The fraction of sp³-hybridized carbons (Fsp3) is 0.412. The molecule has 0 radical (unpaired) electrons. The van der Waals surface area contributed by atoms with Crippen LogP contribution in [0.2, 0.25) is 0 Å². The summed E-state index contributed by atoms with van der Waals surface area (Å²) < 4.78 is 5.31. The minimum atomic E-state index is -0.121. The van der Waals surface area contributed by atoms with Gasteiger partial charge in [-0.05, 0) is 38.4 Å². The van der Waals surface area contributed by atoms with E-state index < -0.39 is 0 Å². The molecule has 0 bridgehead atoms. The Bertz CT molecular complexity index is 916. The van der Waals surface area contributed by atoms with Crippen LogP contribution >= 0.6 is 0 Å². The Kier molecular flexibility index (Phi) is 3.86. The lowest BCUT2D eigenvalue weighted by Crippen LogP contribution is -2.36. The molecule has 0 spiro atoms. The third-order valence-electron chi connectivity index (χ3n) is 4.44. The van der Waals surface area contributed by atoms with Crippen molar-refractivity contribution in [2.75, 3.05) is 13.1 Å². The van der Waals surface area contributed by atoms with Crippen LogP contribution in [-0.4, -0.2) is 38.1 Å². The summed E-state index contributed by atoms with van der Waals surface area (Å²) in [5, 5.41) is 3.88. The predicted molar refractivity (Wildman–Crippen MR) is 88.7 cm³/mol. The van der Waals surface area contributed by atoms with Crippen LogP contribution in [0.25, 0.3) is 11.0 Å². The topological polar surface area (TPSA) is 87.9 Å². The summed E-state index contributed by atoms with van der Waals surface area (Å²) >= 11 is 0. The Hall–Kier alpha value is -2.54. The second-order valence-corrected chi connectivity index (χ2v) is 6.28. The van der Waals surface area contributed by atoms with Crippen molar-refractivity contribution in [2.24, 2.45) is 0 Å². The number of fused-ring (bicyclic) bond motifs is 1. The molecule has 1 N–H and O–H groups in total. The number of nitrogens with zero attached hydrogens (tertiary/aromatic N) is 4. The predicted octanol–water partition coefficient (Wildman–Crippen LogP) is 1.99. The Morgan fingerprint density at radius 2 is 2.21 bits per heavy atom. The van der Waals surface area contributed by atoms with Gasteiger partial charge in [0.05, 0.1) is 17.0 Å². The van der Waals surface area contributed by atoms with Crippen LogP contribution in [0.4, 0.5) is 0 Å². The van der Waals surface area contributed by atoms with E-state index in [0.717, 1.165) is 37.0 Å². The number of H-pyrrole nitrogens is 1. The van der Waals surface area contributed by atoms with Crippen molar-refractivity contribution in [1.82, 2.24) is 25.0 Å². The maximum atomic E-state index is 12.3. The Morgan fingerprint density at radius 3 is 3.04 bits per heavy atom. The van der Waals surface area contributed by atoms with Gasteiger partial charge in [-0.3, -0.25) is 9.69 Å². The lowest BCUT2D eigenvalue weighted by Gasteiger charge is -2.30. The van der Waals surface area contributed by atoms with Crippen molar-refractivity contribution in [3.8, 4) is 0 Å². The fourth-order valence-corrected chi connectivity index (χ4v) is 3.27. The second kappa shape index (κ2) is 6.16. The van der Waals surface area contributed by atoms with E-state index in [1.54, 1.807) is 0 Å². The zero-order valence-corrected chi connectivity index (χ0v) is 13.5. The highest BCUT2D eigenvalue weighted by atomic mass is 16.5. The third kappa shape index (κ3) is 2.94. The smallest absolute Gasteiger partial charge is 0.271 e. The normalized spacial score (nSPS) is 19.0. The highest BCUT2D eigenvalue weighted by molar-refractivity contribution is 5.73. The number of piperidine rings is 1. The van der Waals surface area contributed by atoms with Gasteiger partial charge < -0.3 is 9.51 Å². The van der Waals surface area contributed by atoms with Gasteiger partial charge in [0.2, 0.25) is 5.89 Å². The molecule has 1 saturated heterocycles. The van der Waals surface area contributed by atoms with Crippen LogP contribution in [0.15, 0.2) is 33.6 Å². The van der Waals surface area contributed by atoms with Crippen LogP contribution < -0.4 is 5.56 Å². The van der Waals surface area contributed by atoms with E-state index in [-0.39, 0.29) is 11.5 Å². The van der Waals surface area contributed by atoms with Gasteiger partial charge in [-0.15, -0.1) is 0 Å². The van der Waals surface area contributed by atoms with Crippen molar-refractivity contribution < 1.29 is 4.52 Å². The first kappa shape index (κ1) is 15.0. The van der Waals surface area contributed by atoms with Crippen LogP contribution in [0.3, 0.4) is 0 Å². The average molecular weight is 325 g/mol. The summed E-state index contributed by atoms with van der Waals surface area (Å²) in [4.78, 5) is 26.3. The molecule has 1 aliphatic rings. The molecule has 0 unspecified atom stereocenters. The van der Waals surface area contributed by atoms with Crippen molar-refractivity contribution in [3.05, 3.63) is 52.0 Å². The number of hydrogen-bond donors (Lipinski definition) is 1. The molecular weight excluding hydrogens is 306 g/mol. The van der Waals surface area contributed by atoms with Crippen molar-refractivity contribution >= 4 is 11.0 Å². The van der Waals surface area contributed by atoms with E-state index in [1.807, 2.05) is 31.2 Å². The van der Waals surface area contributed by atoms with Crippen LogP contribution in [-0.2, 0) is 6.54 Å². The number of aryl methyl sites for hydroxylation is 1. The third-order valence-corrected chi connectivity index (χ3v) is 4.44. The molecular formula is C17H19N5O2. The van der Waals surface area contributed by atoms with E-state index in [4.69, 9.17) is 4.52 Å². The Labute approximate surface area is 138 Å². The number of aromatic amines is 1. The summed E-state index contributed by atoms with van der Waals surface area (Å²) in [5.41, 5.74) is 2.01. The average Bonchev–Trinajstić information content (AvgIpc) is 3.02. The molecule has 7 nitrogen and oxygen atoms in total. The molecule has 124 valence electrons. The quantitative estimate of drug-likeness (QED) is 0.792. The monoisotopic (exact) mass is 325 g/mol. The molecule has 3 heterocycles. The van der Waals surface area contributed by atoms with E-state index in [2.05, 4.69) is 25.0 Å².